The summed E-state index contributed by atoms with van der Waals surface area (Å²) in [5, 5.41) is 12.8. The van der Waals surface area contributed by atoms with Crippen LogP contribution in [0.5, 0.6) is 0 Å². The summed E-state index contributed by atoms with van der Waals surface area (Å²) < 4.78 is 5.39. The largest absolute Gasteiger partial charge is 0.478 e. The van der Waals surface area contributed by atoms with Gasteiger partial charge in [0.1, 0.15) is 0 Å². The van der Waals surface area contributed by atoms with Gasteiger partial charge in [0.05, 0.1) is 6.10 Å². The topological polar surface area (TPSA) is 105 Å². The molecule has 1 heterocycles. The van der Waals surface area contributed by atoms with Crippen molar-refractivity contribution in [3.05, 3.63) is 12.2 Å². The van der Waals surface area contributed by atoms with Crippen LogP contribution < -0.4 is 10.6 Å². The third kappa shape index (κ3) is 6.00. The molecular formula is C11H16N2O5. The molecule has 100 valence electrons. The molecule has 0 aromatic heterocycles. The number of aliphatic carboxylic acids is 1. The Balaban J connectivity index is 2.20. The van der Waals surface area contributed by atoms with Gasteiger partial charge < -0.3 is 15.2 Å². The highest BCUT2D eigenvalue weighted by Gasteiger charge is 2.14. The van der Waals surface area contributed by atoms with Crippen LogP contribution in [0.15, 0.2) is 12.2 Å². The van der Waals surface area contributed by atoms with Crippen LogP contribution in [0.1, 0.15) is 19.3 Å². The lowest BCUT2D eigenvalue weighted by Gasteiger charge is -2.22. The summed E-state index contributed by atoms with van der Waals surface area (Å²) in [4.78, 5) is 32.5. The van der Waals surface area contributed by atoms with E-state index in [0.29, 0.717) is 19.2 Å². The Labute approximate surface area is 104 Å². The van der Waals surface area contributed by atoms with Gasteiger partial charge in [-0.2, -0.15) is 0 Å². The molecule has 1 unspecified atom stereocenters. The Morgan fingerprint density at radius 3 is 2.67 bits per heavy atom. The lowest BCUT2D eigenvalue weighted by atomic mass is 10.1. The molecule has 1 saturated heterocycles. The first-order valence-electron chi connectivity index (χ1n) is 5.69. The summed E-state index contributed by atoms with van der Waals surface area (Å²) in [6.45, 7) is 1.02. The van der Waals surface area contributed by atoms with Crippen molar-refractivity contribution in [2.24, 2.45) is 0 Å². The molecule has 1 fully saturated rings. The maximum atomic E-state index is 11.3. The molecule has 7 heteroatoms. The van der Waals surface area contributed by atoms with E-state index in [0.717, 1.165) is 25.3 Å². The number of carbonyl (C=O) groups excluding carboxylic acids is 2. The smallest absolute Gasteiger partial charge is 0.328 e. The molecule has 0 aromatic carbocycles. The molecule has 1 aliphatic rings. The average molecular weight is 256 g/mol. The molecule has 7 nitrogen and oxygen atoms in total. The SMILES string of the molecule is O=C(O)C=CC(=O)NC(=O)NCC1CCCCO1. The van der Waals surface area contributed by atoms with Crippen LogP contribution in [0.2, 0.25) is 0 Å². The van der Waals surface area contributed by atoms with Crippen molar-refractivity contribution in [3.8, 4) is 0 Å². The van der Waals surface area contributed by atoms with Gasteiger partial charge in [0.15, 0.2) is 0 Å². The van der Waals surface area contributed by atoms with Gasteiger partial charge in [-0.1, -0.05) is 0 Å². The molecular weight excluding hydrogens is 240 g/mol. The van der Waals surface area contributed by atoms with Gasteiger partial charge in [-0.05, 0) is 19.3 Å². The molecule has 0 radical (unpaired) electrons. The predicted octanol–water partition coefficient (Wildman–Crippen LogP) is 0.0221. The van der Waals surface area contributed by atoms with E-state index in [1.165, 1.54) is 0 Å². The van der Waals surface area contributed by atoms with Crippen molar-refractivity contribution in [1.29, 1.82) is 0 Å². The molecule has 18 heavy (non-hydrogen) atoms. The van der Waals surface area contributed by atoms with Crippen molar-refractivity contribution >= 4 is 17.9 Å². The highest BCUT2D eigenvalue weighted by molar-refractivity contribution is 6.02. The van der Waals surface area contributed by atoms with Crippen molar-refractivity contribution in [2.75, 3.05) is 13.2 Å². The summed E-state index contributed by atoms with van der Waals surface area (Å²) in [7, 11) is 0. The lowest BCUT2D eigenvalue weighted by molar-refractivity contribution is -0.131. The van der Waals surface area contributed by atoms with E-state index >= 15 is 0 Å². The van der Waals surface area contributed by atoms with E-state index in [1.807, 2.05) is 5.32 Å². The summed E-state index contributed by atoms with van der Waals surface area (Å²) in [5.74, 6) is -2.03. The highest BCUT2D eigenvalue weighted by Crippen LogP contribution is 2.11. The molecule has 0 aromatic rings. The predicted molar refractivity (Wildman–Crippen MR) is 61.9 cm³/mol. The number of urea groups is 1. The second-order valence-corrected chi connectivity index (χ2v) is 3.86. The quantitative estimate of drug-likeness (QED) is 0.615. The van der Waals surface area contributed by atoms with Crippen molar-refractivity contribution < 1.29 is 24.2 Å². The number of carbonyl (C=O) groups is 3. The minimum absolute atomic E-state index is 0.0193. The number of imide groups is 1. The van der Waals surface area contributed by atoms with Crippen molar-refractivity contribution in [3.63, 3.8) is 0 Å². The fourth-order valence-electron chi connectivity index (χ4n) is 1.52. The average Bonchev–Trinajstić information content (AvgIpc) is 2.35. The molecule has 3 amide bonds. The summed E-state index contributed by atoms with van der Waals surface area (Å²) in [6.07, 6.45) is 4.39. The van der Waals surface area contributed by atoms with Gasteiger partial charge in [0.25, 0.3) is 5.91 Å². The Kier molecular flexibility index (Phi) is 5.86. The van der Waals surface area contributed by atoms with E-state index in [-0.39, 0.29) is 6.10 Å². The minimum Gasteiger partial charge on any atom is -0.478 e. The van der Waals surface area contributed by atoms with Crippen molar-refractivity contribution in [2.45, 2.75) is 25.4 Å². The number of nitrogens with one attached hydrogen (secondary N) is 2. The molecule has 3 N–H and O–H groups in total. The molecule has 0 bridgehead atoms. The normalized spacial score (nSPS) is 19.4. The van der Waals surface area contributed by atoms with E-state index in [4.69, 9.17) is 9.84 Å². The third-order valence-corrected chi connectivity index (χ3v) is 2.38. The molecule has 1 rings (SSSR count). The van der Waals surface area contributed by atoms with Crippen LogP contribution >= 0.6 is 0 Å². The van der Waals surface area contributed by atoms with E-state index in [2.05, 4.69) is 5.32 Å². The van der Waals surface area contributed by atoms with E-state index in [9.17, 15) is 14.4 Å². The standard InChI is InChI=1S/C11H16N2O5/c14-9(4-5-10(15)16)13-11(17)12-7-8-3-1-2-6-18-8/h4-5,8H,1-3,6-7H2,(H,15,16)(H2,12,13,14,17). The minimum atomic E-state index is -1.25. The van der Waals surface area contributed by atoms with E-state index in [1.54, 1.807) is 0 Å². The number of carboxylic acids is 1. The number of carboxylic acid groups (broad SMARTS) is 1. The van der Waals surface area contributed by atoms with Crippen LogP contribution in [0.4, 0.5) is 4.79 Å². The van der Waals surface area contributed by atoms with E-state index < -0.39 is 17.9 Å². The lowest BCUT2D eigenvalue weighted by Crippen LogP contribution is -2.43. The Hall–Kier alpha value is -1.89. The molecule has 0 aliphatic carbocycles. The zero-order valence-corrected chi connectivity index (χ0v) is 9.85. The zero-order chi connectivity index (χ0) is 13.4. The van der Waals surface area contributed by atoms with Gasteiger partial charge in [0, 0.05) is 25.3 Å². The Morgan fingerprint density at radius 2 is 2.06 bits per heavy atom. The number of rotatable bonds is 4. The maximum absolute atomic E-state index is 11.3. The van der Waals surface area contributed by atoms with Gasteiger partial charge in [-0.15, -0.1) is 0 Å². The van der Waals surface area contributed by atoms with Gasteiger partial charge in [0.2, 0.25) is 0 Å². The number of hydrogen-bond donors (Lipinski definition) is 3. The maximum Gasteiger partial charge on any atom is 0.328 e. The molecule has 1 atom stereocenters. The first kappa shape index (κ1) is 14.2. The van der Waals surface area contributed by atoms with Gasteiger partial charge in [-0.3, -0.25) is 10.1 Å². The van der Waals surface area contributed by atoms with Crippen LogP contribution in [0.3, 0.4) is 0 Å². The number of ether oxygens (including phenoxy) is 1. The van der Waals surface area contributed by atoms with Gasteiger partial charge in [-0.25, -0.2) is 9.59 Å². The van der Waals surface area contributed by atoms with Crippen LogP contribution in [-0.4, -0.2) is 42.3 Å². The monoisotopic (exact) mass is 256 g/mol. The molecule has 0 saturated carbocycles. The zero-order valence-electron chi connectivity index (χ0n) is 9.85. The first-order valence-corrected chi connectivity index (χ1v) is 5.69. The summed E-state index contributed by atoms with van der Waals surface area (Å²) >= 11 is 0. The fraction of sp³-hybridized carbons (Fsp3) is 0.545. The Morgan fingerprint density at radius 1 is 1.28 bits per heavy atom. The van der Waals surface area contributed by atoms with Crippen LogP contribution in [0.25, 0.3) is 0 Å². The highest BCUT2D eigenvalue weighted by atomic mass is 16.5. The second-order valence-electron chi connectivity index (χ2n) is 3.86. The number of amides is 3. The third-order valence-electron chi connectivity index (χ3n) is 2.38. The Bertz CT molecular complexity index is 347. The summed E-state index contributed by atoms with van der Waals surface area (Å²) in [5.41, 5.74) is 0. The van der Waals surface area contributed by atoms with Crippen LogP contribution in [-0.2, 0) is 14.3 Å². The number of hydrogen-bond acceptors (Lipinski definition) is 4. The van der Waals surface area contributed by atoms with Gasteiger partial charge >= 0.3 is 12.0 Å². The van der Waals surface area contributed by atoms with Crippen LogP contribution in [0, 0.1) is 0 Å². The second kappa shape index (κ2) is 7.44. The molecule has 0 spiro atoms. The summed E-state index contributed by atoms with van der Waals surface area (Å²) in [6, 6.07) is -0.663. The van der Waals surface area contributed by atoms with Crippen molar-refractivity contribution in [1.82, 2.24) is 10.6 Å². The fourth-order valence-corrected chi connectivity index (χ4v) is 1.52. The molecule has 1 aliphatic heterocycles. The first-order chi connectivity index (χ1) is 8.58.